The van der Waals surface area contributed by atoms with Gasteiger partial charge in [-0.2, -0.15) is 8.42 Å². The summed E-state index contributed by atoms with van der Waals surface area (Å²) in [6.45, 7) is 15.0. The van der Waals surface area contributed by atoms with E-state index >= 15 is 0 Å². The third-order valence-electron chi connectivity index (χ3n) is 5.13. The Kier molecular flexibility index (Phi) is 16.4. The second kappa shape index (κ2) is 16.9. The smallest absolute Gasteiger partial charge is 0.287 e. The summed E-state index contributed by atoms with van der Waals surface area (Å²) in [5, 5.41) is 0.706. The van der Waals surface area contributed by atoms with Gasteiger partial charge in [-0.1, -0.05) is 59.4 Å². The highest BCUT2D eigenvalue weighted by Crippen LogP contribution is 2.16. The molecular weight excluding hydrogens is 464 g/mol. The first kappa shape index (κ1) is 29.2. The second-order valence-corrected chi connectivity index (χ2v) is 10.00. The normalized spacial score (nSPS) is 12.1. The van der Waals surface area contributed by atoms with E-state index in [0.717, 1.165) is 0 Å². The minimum Gasteiger partial charge on any atom is -0.324 e. The average molecular weight is 507 g/mol. The van der Waals surface area contributed by atoms with Crippen LogP contribution in [0.25, 0.3) is 6.08 Å². The summed E-state index contributed by atoms with van der Waals surface area (Å²) in [5.41, 5.74) is 0.598. The van der Waals surface area contributed by atoms with E-state index in [-0.39, 0.29) is 0 Å². The molecule has 1 heterocycles. The van der Waals surface area contributed by atoms with Gasteiger partial charge in [-0.3, -0.25) is 4.55 Å². The van der Waals surface area contributed by atoms with E-state index in [9.17, 15) is 8.42 Å². The number of pyridine rings is 1. The van der Waals surface area contributed by atoms with Crippen molar-refractivity contribution in [3.63, 3.8) is 0 Å². The van der Waals surface area contributed by atoms with Gasteiger partial charge in [0.2, 0.25) is 0 Å². The molecule has 0 spiro atoms. The predicted molar refractivity (Wildman–Crippen MR) is 132 cm³/mol. The van der Waals surface area contributed by atoms with Crippen molar-refractivity contribution in [2.45, 2.75) is 79.1 Å². The number of hydrogen-bond donors (Lipinski definition) is 1. The van der Waals surface area contributed by atoms with Gasteiger partial charge in [0, 0.05) is 6.20 Å². The van der Waals surface area contributed by atoms with E-state index in [1.54, 1.807) is 12.1 Å². The Hall–Kier alpha value is -0.760. The zero-order chi connectivity index (χ0) is 22.9. The van der Waals surface area contributed by atoms with Gasteiger partial charge in [-0.25, -0.2) is 4.98 Å². The molecule has 0 saturated heterocycles. The zero-order valence-corrected chi connectivity index (χ0v) is 21.7. The van der Waals surface area contributed by atoms with Gasteiger partial charge in [0.15, 0.2) is 0 Å². The van der Waals surface area contributed by atoms with Crippen LogP contribution in [-0.4, -0.2) is 48.6 Å². The molecule has 174 valence electrons. The van der Waals surface area contributed by atoms with Crippen LogP contribution in [0.3, 0.4) is 0 Å². The van der Waals surface area contributed by atoms with Crippen molar-refractivity contribution in [1.29, 1.82) is 0 Å². The third-order valence-corrected chi connectivity index (χ3v) is 6.08. The minimum atomic E-state index is -4.05. The molecule has 0 radical (unpaired) electrons. The fourth-order valence-electron chi connectivity index (χ4n) is 3.30. The third kappa shape index (κ3) is 15.1. The van der Waals surface area contributed by atoms with Gasteiger partial charge < -0.3 is 4.48 Å². The first-order valence-electron chi connectivity index (χ1n) is 11.3. The van der Waals surface area contributed by atoms with Gasteiger partial charge >= 0.3 is 0 Å². The molecule has 0 aliphatic rings. The van der Waals surface area contributed by atoms with Crippen molar-refractivity contribution in [2.24, 2.45) is 0 Å². The molecule has 5 nitrogen and oxygen atoms in total. The molecule has 0 amide bonds. The lowest BCUT2D eigenvalue weighted by molar-refractivity contribution is -0.929. The summed E-state index contributed by atoms with van der Waals surface area (Å²) in [6, 6.07) is 3.34. The first-order chi connectivity index (χ1) is 14.2. The molecule has 30 heavy (non-hydrogen) atoms. The number of quaternary nitrogens is 1. The van der Waals surface area contributed by atoms with Crippen molar-refractivity contribution >= 4 is 32.1 Å². The second-order valence-electron chi connectivity index (χ2n) is 7.88. The van der Waals surface area contributed by atoms with Crippen LogP contribution in [-0.2, 0) is 10.1 Å². The maximum Gasteiger partial charge on any atom is 0.287 e. The van der Waals surface area contributed by atoms with Crippen molar-refractivity contribution in [3.8, 4) is 0 Å². The number of unbranched alkanes of at least 4 members (excludes halogenated alkanes) is 4. The molecule has 0 bridgehead atoms. The molecule has 0 aromatic carbocycles. The highest BCUT2D eigenvalue weighted by Gasteiger charge is 2.24. The molecule has 0 aliphatic heterocycles. The number of nitrogens with zero attached hydrogens (tertiary/aromatic N) is 2. The minimum absolute atomic E-state index is 0.598. The van der Waals surface area contributed by atoms with Crippen molar-refractivity contribution in [2.75, 3.05) is 26.2 Å². The van der Waals surface area contributed by atoms with E-state index in [4.69, 9.17) is 4.55 Å². The summed E-state index contributed by atoms with van der Waals surface area (Å²) in [6.07, 6.45) is 13.8. The van der Waals surface area contributed by atoms with E-state index < -0.39 is 10.1 Å². The van der Waals surface area contributed by atoms with Crippen LogP contribution in [0.1, 0.15) is 84.6 Å². The van der Waals surface area contributed by atoms with Gasteiger partial charge in [-0.05, 0) is 59.3 Å². The monoisotopic (exact) mass is 505 g/mol. The summed E-state index contributed by atoms with van der Waals surface area (Å²) >= 11 is 3.13. The van der Waals surface area contributed by atoms with Crippen molar-refractivity contribution in [1.82, 2.24) is 4.98 Å². The number of aromatic nitrogens is 1. The van der Waals surface area contributed by atoms with Gasteiger partial charge in [-0.15, -0.1) is 0 Å². The molecule has 0 saturated carbocycles. The number of halogens is 1. The molecule has 1 N–H and O–H groups in total. The zero-order valence-electron chi connectivity index (χ0n) is 19.3. The summed E-state index contributed by atoms with van der Waals surface area (Å²) in [5.74, 6) is 0. The standard InChI is InChI=1S/C16H36N.C7H6BrNO3S/c1-5-9-13-17(14-10-6-2,15-11-7-3)16-12-8-4;8-7-2-1-6(5-9-7)3-4-13(10,11)12/h5-16H2,1-4H3;1-5H,(H,10,11,12)/q+1;. The summed E-state index contributed by atoms with van der Waals surface area (Å²) in [4.78, 5) is 3.87. The van der Waals surface area contributed by atoms with Crippen LogP contribution in [0.15, 0.2) is 28.3 Å². The molecule has 1 aromatic heterocycles. The van der Waals surface area contributed by atoms with Crippen LogP contribution in [0.4, 0.5) is 0 Å². The largest absolute Gasteiger partial charge is 0.324 e. The molecule has 0 aliphatic carbocycles. The van der Waals surface area contributed by atoms with Gasteiger partial charge in [0.25, 0.3) is 10.1 Å². The maximum atomic E-state index is 10.3. The van der Waals surface area contributed by atoms with Crippen molar-refractivity contribution < 1.29 is 17.5 Å². The molecule has 1 rings (SSSR count). The van der Waals surface area contributed by atoms with E-state index in [2.05, 4.69) is 48.6 Å². The fourth-order valence-corrected chi connectivity index (χ4v) is 3.86. The first-order valence-corrected chi connectivity index (χ1v) is 13.6. The Balaban J connectivity index is 0.000000579. The Bertz CT molecular complexity index is 639. The van der Waals surface area contributed by atoms with E-state index in [1.807, 2.05) is 0 Å². The lowest BCUT2D eigenvalue weighted by Crippen LogP contribution is -2.50. The summed E-state index contributed by atoms with van der Waals surface area (Å²) < 4.78 is 31.1. The fraction of sp³-hybridized carbons (Fsp3) is 0.696. The molecule has 0 fully saturated rings. The highest BCUT2D eigenvalue weighted by atomic mass is 79.9. The number of hydrogen-bond acceptors (Lipinski definition) is 3. The maximum absolute atomic E-state index is 10.3. The quantitative estimate of drug-likeness (QED) is 0.173. The van der Waals surface area contributed by atoms with Crippen LogP contribution in [0.5, 0.6) is 0 Å². The Morgan fingerprint density at radius 3 is 1.63 bits per heavy atom. The van der Waals surface area contributed by atoms with Gasteiger partial charge in [0.05, 0.1) is 31.6 Å². The lowest BCUT2D eigenvalue weighted by atomic mass is 10.1. The lowest BCUT2D eigenvalue weighted by Gasteiger charge is -2.39. The van der Waals surface area contributed by atoms with Crippen LogP contribution < -0.4 is 0 Å². The number of rotatable bonds is 14. The SMILES string of the molecule is CCCC[N+](CCCC)(CCCC)CCCC.O=S(=O)(O)C=Cc1ccc(Br)nc1. The topological polar surface area (TPSA) is 67.3 Å². The summed E-state index contributed by atoms with van der Waals surface area (Å²) in [7, 11) is -4.05. The van der Waals surface area contributed by atoms with Gasteiger partial charge in [0.1, 0.15) is 4.60 Å². The molecule has 7 heteroatoms. The Morgan fingerprint density at radius 1 is 0.900 bits per heavy atom. The average Bonchev–Trinajstić information content (AvgIpc) is 2.72. The predicted octanol–water partition coefficient (Wildman–Crippen LogP) is 6.71. The molecule has 0 unspecified atom stereocenters. The van der Waals surface area contributed by atoms with E-state index in [0.29, 0.717) is 15.6 Å². The molecular formula is C23H42BrN2O3S+. The highest BCUT2D eigenvalue weighted by molar-refractivity contribution is 9.10. The molecule has 1 aromatic rings. The van der Waals surface area contributed by atoms with E-state index in [1.165, 1.54) is 94.3 Å². The van der Waals surface area contributed by atoms with Crippen molar-refractivity contribution in [3.05, 3.63) is 33.9 Å². The molecule has 0 atom stereocenters. The van der Waals surface area contributed by atoms with Crippen LogP contribution in [0, 0.1) is 0 Å². The Labute approximate surface area is 193 Å². The van der Waals surface area contributed by atoms with Crippen LogP contribution >= 0.6 is 15.9 Å². The van der Waals surface area contributed by atoms with Crippen LogP contribution in [0.2, 0.25) is 0 Å². The Morgan fingerprint density at radius 2 is 1.33 bits per heavy atom.